The molecule has 1 atom stereocenters. The van der Waals surface area contributed by atoms with E-state index in [-0.39, 0.29) is 16.7 Å². The summed E-state index contributed by atoms with van der Waals surface area (Å²) in [6.45, 7) is 9.30. The Labute approximate surface area is 120 Å². The van der Waals surface area contributed by atoms with Crippen LogP contribution in [0.25, 0.3) is 0 Å². The largest absolute Gasteiger partial charge is 0.380 e. The maximum absolute atomic E-state index is 11.1. The lowest BCUT2D eigenvalue weighted by atomic mass is 10.1. The van der Waals surface area contributed by atoms with Crippen LogP contribution in [0.15, 0.2) is 18.2 Å². The third-order valence-electron chi connectivity index (χ3n) is 2.96. The molecule has 20 heavy (non-hydrogen) atoms. The van der Waals surface area contributed by atoms with Gasteiger partial charge in [-0.05, 0) is 37.8 Å². The fraction of sp³-hybridized carbons (Fsp3) is 0.600. The fourth-order valence-corrected chi connectivity index (χ4v) is 2.13. The van der Waals surface area contributed by atoms with Crippen LogP contribution in [0.1, 0.15) is 39.7 Å². The van der Waals surface area contributed by atoms with Crippen molar-refractivity contribution in [1.29, 1.82) is 0 Å². The van der Waals surface area contributed by atoms with Crippen molar-refractivity contribution in [2.75, 3.05) is 11.9 Å². The molecule has 1 aromatic rings. The molecule has 1 N–H and O–H groups in total. The molecule has 0 bridgehead atoms. The second-order valence-electron chi connectivity index (χ2n) is 5.39. The van der Waals surface area contributed by atoms with Crippen LogP contribution in [0, 0.1) is 16.0 Å². The van der Waals surface area contributed by atoms with Gasteiger partial charge in [0.2, 0.25) is 0 Å². The highest BCUT2D eigenvalue weighted by Crippen LogP contribution is 2.26. The van der Waals surface area contributed by atoms with Crippen molar-refractivity contribution in [2.24, 2.45) is 5.92 Å². The molecule has 0 aliphatic rings. The molecule has 0 spiro atoms. The SMILES string of the molecule is CCNc1ccc(COC(C)CC(C)C)cc1[N+](=O)[O-]. The van der Waals surface area contributed by atoms with Crippen molar-refractivity contribution >= 4 is 11.4 Å². The Kier molecular flexibility index (Phi) is 6.45. The van der Waals surface area contributed by atoms with Crippen LogP contribution in [0.2, 0.25) is 0 Å². The Bertz CT molecular complexity index is 447. The zero-order chi connectivity index (χ0) is 15.1. The summed E-state index contributed by atoms with van der Waals surface area (Å²) in [6.07, 6.45) is 1.14. The lowest BCUT2D eigenvalue weighted by Gasteiger charge is -2.15. The number of nitrogens with one attached hydrogen (secondary N) is 1. The number of nitro benzene ring substituents is 1. The summed E-state index contributed by atoms with van der Waals surface area (Å²) < 4.78 is 5.73. The fourth-order valence-electron chi connectivity index (χ4n) is 2.13. The van der Waals surface area contributed by atoms with Crippen molar-refractivity contribution in [1.82, 2.24) is 0 Å². The summed E-state index contributed by atoms with van der Waals surface area (Å²) >= 11 is 0. The van der Waals surface area contributed by atoms with E-state index in [0.29, 0.717) is 24.8 Å². The highest BCUT2D eigenvalue weighted by atomic mass is 16.6. The van der Waals surface area contributed by atoms with Crippen molar-refractivity contribution in [3.63, 3.8) is 0 Å². The average Bonchev–Trinajstić information content (AvgIpc) is 2.36. The topological polar surface area (TPSA) is 64.4 Å². The predicted octanol–water partition coefficient (Wildman–Crippen LogP) is 3.98. The summed E-state index contributed by atoms with van der Waals surface area (Å²) in [5.41, 5.74) is 1.48. The number of nitrogens with zero attached hydrogens (tertiary/aromatic N) is 1. The molecule has 0 aliphatic carbocycles. The molecule has 0 saturated heterocycles. The van der Waals surface area contributed by atoms with E-state index in [1.165, 1.54) is 0 Å². The number of rotatable bonds is 8. The predicted molar refractivity (Wildman–Crippen MR) is 81.0 cm³/mol. The van der Waals surface area contributed by atoms with Gasteiger partial charge in [0.05, 0.1) is 17.6 Å². The van der Waals surface area contributed by atoms with E-state index in [2.05, 4.69) is 19.2 Å². The van der Waals surface area contributed by atoms with Gasteiger partial charge in [0.15, 0.2) is 0 Å². The Morgan fingerprint density at radius 2 is 2.05 bits per heavy atom. The van der Waals surface area contributed by atoms with Crippen LogP contribution < -0.4 is 5.32 Å². The number of nitro groups is 1. The van der Waals surface area contributed by atoms with Gasteiger partial charge in [-0.2, -0.15) is 0 Å². The van der Waals surface area contributed by atoms with Gasteiger partial charge in [0.25, 0.3) is 5.69 Å². The van der Waals surface area contributed by atoms with Gasteiger partial charge in [0.1, 0.15) is 5.69 Å². The molecule has 0 radical (unpaired) electrons. The van der Waals surface area contributed by atoms with Crippen molar-refractivity contribution in [3.05, 3.63) is 33.9 Å². The highest BCUT2D eigenvalue weighted by molar-refractivity contribution is 5.62. The smallest absolute Gasteiger partial charge is 0.292 e. The van der Waals surface area contributed by atoms with Gasteiger partial charge in [-0.25, -0.2) is 0 Å². The zero-order valence-corrected chi connectivity index (χ0v) is 12.7. The van der Waals surface area contributed by atoms with Crippen LogP contribution in [0.3, 0.4) is 0 Å². The molecule has 0 aliphatic heterocycles. The molecule has 112 valence electrons. The van der Waals surface area contributed by atoms with Gasteiger partial charge in [-0.1, -0.05) is 19.9 Å². The van der Waals surface area contributed by atoms with E-state index < -0.39 is 0 Å². The average molecular weight is 280 g/mol. The number of ether oxygens (including phenoxy) is 1. The number of hydrogen-bond acceptors (Lipinski definition) is 4. The molecule has 1 unspecified atom stereocenters. The lowest BCUT2D eigenvalue weighted by Crippen LogP contribution is -2.11. The van der Waals surface area contributed by atoms with Crippen LogP contribution >= 0.6 is 0 Å². The van der Waals surface area contributed by atoms with E-state index in [1.807, 2.05) is 19.9 Å². The molecule has 0 aromatic heterocycles. The normalized spacial score (nSPS) is 12.4. The van der Waals surface area contributed by atoms with Gasteiger partial charge < -0.3 is 10.1 Å². The first kappa shape index (κ1) is 16.4. The Hall–Kier alpha value is -1.62. The Morgan fingerprint density at radius 1 is 1.35 bits per heavy atom. The summed E-state index contributed by atoms with van der Waals surface area (Å²) in [6, 6.07) is 5.20. The van der Waals surface area contributed by atoms with Gasteiger partial charge >= 0.3 is 0 Å². The Morgan fingerprint density at radius 3 is 2.60 bits per heavy atom. The first-order chi connectivity index (χ1) is 9.43. The quantitative estimate of drug-likeness (QED) is 0.578. The number of benzene rings is 1. The second kappa shape index (κ2) is 7.85. The molecule has 1 rings (SSSR count). The third kappa shape index (κ3) is 5.17. The minimum absolute atomic E-state index is 0.101. The monoisotopic (exact) mass is 280 g/mol. The summed E-state index contributed by atoms with van der Waals surface area (Å²) in [5, 5.41) is 14.1. The summed E-state index contributed by atoms with van der Waals surface area (Å²) in [4.78, 5) is 10.7. The van der Waals surface area contributed by atoms with E-state index in [0.717, 1.165) is 12.0 Å². The van der Waals surface area contributed by atoms with Gasteiger partial charge in [0, 0.05) is 12.6 Å². The first-order valence-corrected chi connectivity index (χ1v) is 7.06. The van der Waals surface area contributed by atoms with E-state index >= 15 is 0 Å². The van der Waals surface area contributed by atoms with Gasteiger partial charge in [-0.15, -0.1) is 0 Å². The zero-order valence-electron chi connectivity index (χ0n) is 12.7. The minimum Gasteiger partial charge on any atom is -0.380 e. The molecular formula is C15H24N2O3. The maximum Gasteiger partial charge on any atom is 0.292 e. The molecule has 5 heteroatoms. The van der Waals surface area contributed by atoms with Crippen molar-refractivity contribution in [2.45, 2.75) is 46.8 Å². The van der Waals surface area contributed by atoms with Crippen LogP contribution in [-0.4, -0.2) is 17.6 Å². The molecule has 0 fully saturated rings. The van der Waals surface area contributed by atoms with Crippen LogP contribution in [0.5, 0.6) is 0 Å². The molecule has 0 amide bonds. The molecule has 0 saturated carbocycles. The van der Waals surface area contributed by atoms with E-state index in [9.17, 15) is 10.1 Å². The number of anilines is 1. The van der Waals surface area contributed by atoms with E-state index in [1.54, 1.807) is 12.1 Å². The molecule has 1 aromatic carbocycles. The second-order valence-corrected chi connectivity index (χ2v) is 5.39. The maximum atomic E-state index is 11.1. The van der Waals surface area contributed by atoms with Gasteiger partial charge in [-0.3, -0.25) is 10.1 Å². The minimum atomic E-state index is -0.362. The molecule has 0 heterocycles. The van der Waals surface area contributed by atoms with Crippen molar-refractivity contribution in [3.8, 4) is 0 Å². The molecular weight excluding hydrogens is 256 g/mol. The Balaban J connectivity index is 2.72. The third-order valence-corrected chi connectivity index (χ3v) is 2.96. The lowest BCUT2D eigenvalue weighted by molar-refractivity contribution is -0.384. The summed E-state index contributed by atoms with van der Waals surface area (Å²) in [5.74, 6) is 0.579. The van der Waals surface area contributed by atoms with Crippen molar-refractivity contribution < 1.29 is 9.66 Å². The van der Waals surface area contributed by atoms with Crippen LogP contribution in [-0.2, 0) is 11.3 Å². The standard InChI is InChI=1S/C15H24N2O3/c1-5-16-14-7-6-13(9-15(14)17(18)19)10-20-12(4)8-11(2)3/h6-7,9,11-12,16H,5,8,10H2,1-4H3. The van der Waals surface area contributed by atoms with E-state index in [4.69, 9.17) is 4.74 Å². The summed E-state index contributed by atoms with van der Waals surface area (Å²) in [7, 11) is 0. The first-order valence-electron chi connectivity index (χ1n) is 7.06. The molecule has 5 nitrogen and oxygen atoms in total. The number of hydrogen-bond donors (Lipinski definition) is 1. The highest BCUT2D eigenvalue weighted by Gasteiger charge is 2.14. The van der Waals surface area contributed by atoms with Crippen LogP contribution in [0.4, 0.5) is 11.4 Å².